The van der Waals surface area contributed by atoms with Crippen LogP contribution in [0.15, 0.2) is 29.2 Å². The van der Waals surface area contributed by atoms with E-state index in [2.05, 4.69) is 4.90 Å². The number of carbonyl (C=O) groups excluding carboxylic acids is 1. The Balaban J connectivity index is 2.18. The van der Waals surface area contributed by atoms with Crippen LogP contribution in [0.5, 0.6) is 0 Å². The summed E-state index contributed by atoms with van der Waals surface area (Å²) in [5.74, 6) is -0.203. The molecule has 1 fully saturated rings. The monoisotopic (exact) mass is 265 g/mol. The quantitative estimate of drug-likeness (QED) is 0.705. The fourth-order valence-corrected chi connectivity index (χ4v) is 5.15. The second kappa shape index (κ2) is 3.65. The number of carbonyl (C=O) groups is 1. The molecular weight excluding hydrogens is 250 g/mol. The van der Waals surface area contributed by atoms with Crippen molar-refractivity contribution in [3.05, 3.63) is 29.8 Å². The molecule has 0 unspecified atom stereocenters. The molecule has 1 saturated heterocycles. The van der Waals surface area contributed by atoms with Crippen molar-refractivity contribution in [2.24, 2.45) is 0 Å². The SMILES string of the molecule is CN1CCC2(CC1)C(=O)c1ccccc1S2(=O)=O. The fraction of sp³-hybridized carbons (Fsp3) is 0.462. The van der Waals surface area contributed by atoms with Crippen LogP contribution in [0.3, 0.4) is 0 Å². The molecule has 0 aromatic heterocycles. The lowest BCUT2D eigenvalue weighted by atomic mass is 9.88. The normalized spacial score (nSPS) is 25.3. The summed E-state index contributed by atoms with van der Waals surface area (Å²) in [4.78, 5) is 14.8. The van der Waals surface area contributed by atoms with Gasteiger partial charge in [-0.2, -0.15) is 0 Å². The van der Waals surface area contributed by atoms with Gasteiger partial charge in [-0.05, 0) is 39.0 Å². The van der Waals surface area contributed by atoms with Crippen molar-refractivity contribution in [2.75, 3.05) is 20.1 Å². The third kappa shape index (κ3) is 1.29. The molecule has 0 bridgehead atoms. The standard InChI is InChI=1S/C13H15NO3S/c1-14-8-6-13(7-9-14)12(15)10-4-2-3-5-11(10)18(13,16)17/h2-5H,6-9H2,1H3. The maximum Gasteiger partial charge on any atom is 0.192 e. The van der Waals surface area contributed by atoms with Crippen LogP contribution in [0.25, 0.3) is 0 Å². The second-order valence-corrected chi connectivity index (χ2v) is 7.35. The smallest absolute Gasteiger partial charge is 0.192 e. The first-order chi connectivity index (χ1) is 8.49. The summed E-state index contributed by atoms with van der Waals surface area (Å²) in [7, 11) is -1.57. The van der Waals surface area contributed by atoms with Crippen LogP contribution < -0.4 is 0 Å². The van der Waals surface area contributed by atoms with Crippen molar-refractivity contribution in [1.29, 1.82) is 0 Å². The Bertz CT molecular complexity index is 613. The van der Waals surface area contributed by atoms with Gasteiger partial charge in [0.25, 0.3) is 0 Å². The van der Waals surface area contributed by atoms with Gasteiger partial charge in [-0.15, -0.1) is 0 Å². The number of rotatable bonds is 0. The highest BCUT2D eigenvalue weighted by atomic mass is 32.2. The number of fused-ring (bicyclic) bond motifs is 1. The van der Waals surface area contributed by atoms with Crippen LogP contribution in [0.2, 0.25) is 0 Å². The lowest BCUT2D eigenvalue weighted by Crippen LogP contribution is -2.50. The van der Waals surface area contributed by atoms with Gasteiger partial charge >= 0.3 is 0 Å². The van der Waals surface area contributed by atoms with Crippen molar-refractivity contribution in [3.8, 4) is 0 Å². The Morgan fingerprint density at radius 2 is 1.78 bits per heavy atom. The summed E-state index contributed by atoms with van der Waals surface area (Å²) < 4.78 is 24.1. The molecule has 18 heavy (non-hydrogen) atoms. The highest BCUT2D eigenvalue weighted by Gasteiger charge is 2.58. The fourth-order valence-electron chi connectivity index (χ4n) is 2.94. The minimum atomic E-state index is -3.52. The van der Waals surface area contributed by atoms with Gasteiger partial charge in [0, 0.05) is 5.56 Å². The van der Waals surface area contributed by atoms with E-state index < -0.39 is 14.6 Å². The van der Waals surface area contributed by atoms with E-state index in [0.717, 1.165) is 0 Å². The maximum atomic E-state index is 12.6. The van der Waals surface area contributed by atoms with E-state index >= 15 is 0 Å². The molecule has 1 spiro atoms. The summed E-state index contributed by atoms with van der Waals surface area (Å²) in [5, 5.41) is 0. The minimum absolute atomic E-state index is 0.203. The van der Waals surface area contributed by atoms with Crippen LogP contribution in [0, 0.1) is 0 Å². The summed E-state index contributed by atoms with van der Waals surface area (Å²) in [6.07, 6.45) is 0.804. The lowest BCUT2D eigenvalue weighted by molar-refractivity contribution is 0.0893. The Morgan fingerprint density at radius 1 is 1.17 bits per heavy atom. The molecule has 96 valence electrons. The molecule has 1 aromatic rings. The number of hydrogen-bond donors (Lipinski definition) is 0. The van der Waals surface area contributed by atoms with Crippen LogP contribution in [0.1, 0.15) is 23.2 Å². The van der Waals surface area contributed by atoms with Crippen LogP contribution in [-0.4, -0.2) is 44.0 Å². The number of ketones is 1. The minimum Gasteiger partial charge on any atom is -0.306 e. The van der Waals surface area contributed by atoms with Crippen LogP contribution in [-0.2, 0) is 9.84 Å². The predicted molar refractivity (Wildman–Crippen MR) is 67.4 cm³/mol. The van der Waals surface area contributed by atoms with Crippen molar-refractivity contribution in [2.45, 2.75) is 22.5 Å². The number of nitrogens with zero attached hydrogens (tertiary/aromatic N) is 1. The number of benzene rings is 1. The third-order valence-corrected chi connectivity index (χ3v) is 6.70. The van der Waals surface area contributed by atoms with E-state index in [-0.39, 0.29) is 10.7 Å². The van der Waals surface area contributed by atoms with Crippen molar-refractivity contribution in [1.82, 2.24) is 4.90 Å². The molecular formula is C13H15NO3S. The number of sulfone groups is 1. The molecule has 2 aliphatic rings. The summed E-state index contributed by atoms with van der Waals surface area (Å²) >= 11 is 0. The molecule has 4 nitrogen and oxygen atoms in total. The van der Waals surface area contributed by atoms with Crippen LogP contribution >= 0.6 is 0 Å². The van der Waals surface area contributed by atoms with Gasteiger partial charge in [0.15, 0.2) is 15.6 Å². The Labute approximate surface area is 107 Å². The molecule has 2 aliphatic heterocycles. The number of likely N-dealkylation sites (tertiary alicyclic amines) is 1. The maximum absolute atomic E-state index is 12.6. The zero-order valence-electron chi connectivity index (χ0n) is 10.2. The van der Waals surface area contributed by atoms with E-state index in [4.69, 9.17) is 0 Å². The molecule has 0 aliphatic carbocycles. The number of hydrogen-bond acceptors (Lipinski definition) is 4. The van der Waals surface area contributed by atoms with Crippen LogP contribution in [0.4, 0.5) is 0 Å². The van der Waals surface area contributed by atoms with Crippen molar-refractivity contribution < 1.29 is 13.2 Å². The first-order valence-electron chi connectivity index (χ1n) is 6.06. The topological polar surface area (TPSA) is 54.5 Å². The highest BCUT2D eigenvalue weighted by molar-refractivity contribution is 7.94. The van der Waals surface area contributed by atoms with Gasteiger partial charge < -0.3 is 4.90 Å². The molecule has 2 heterocycles. The summed E-state index contributed by atoms with van der Waals surface area (Å²) in [5.41, 5.74) is 0.377. The molecule has 0 saturated carbocycles. The van der Waals surface area contributed by atoms with E-state index in [9.17, 15) is 13.2 Å². The van der Waals surface area contributed by atoms with E-state index in [1.807, 2.05) is 7.05 Å². The highest BCUT2D eigenvalue weighted by Crippen LogP contribution is 2.44. The summed E-state index contributed by atoms with van der Waals surface area (Å²) in [6, 6.07) is 6.58. The third-order valence-electron chi connectivity index (χ3n) is 4.14. The molecule has 0 amide bonds. The lowest BCUT2D eigenvalue weighted by Gasteiger charge is -2.35. The van der Waals surface area contributed by atoms with Crippen molar-refractivity contribution in [3.63, 3.8) is 0 Å². The van der Waals surface area contributed by atoms with Gasteiger partial charge in [-0.3, -0.25) is 4.79 Å². The predicted octanol–water partition coefficient (Wildman–Crippen LogP) is 1.12. The Morgan fingerprint density at radius 3 is 2.39 bits per heavy atom. The van der Waals surface area contributed by atoms with E-state index in [1.54, 1.807) is 24.3 Å². The number of Topliss-reactive ketones (excluding diaryl/α,β-unsaturated/α-hetero) is 1. The zero-order valence-corrected chi connectivity index (χ0v) is 11.0. The zero-order chi connectivity index (χ0) is 13.0. The molecule has 1 aromatic carbocycles. The van der Waals surface area contributed by atoms with Gasteiger partial charge in [0.2, 0.25) is 0 Å². The average Bonchev–Trinajstić information content (AvgIpc) is 2.53. The summed E-state index contributed by atoms with van der Waals surface area (Å²) in [6.45, 7) is 1.30. The first-order valence-corrected chi connectivity index (χ1v) is 7.54. The molecule has 3 rings (SSSR count). The first kappa shape index (κ1) is 11.9. The van der Waals surface area contributed by atoms with Gasteiger partial charge in [0.05, 0.1) is 4.90 Å². The molecule has 0 N–H and O–H groups in total. The second-order valence-electron chi connectivity index (χ2n) is 5.13. The molecule has 0 atom stereocenters. The van der Waals surface area contributed by atoms with Gasteiger partial charge in [-0.1, -0.05) is 18.2 Å². The average molecular weight is 265 g/mol. The Hall–Kier alpha value is -1.20. The van der Waals surface area contributed by atoms with E-state index in [1.165, 1.54) is 0 Å². The Kier molecular flexibility index (Phi) is 2.40. The number of piperidine rings is 1. The van der Waals surface area contributed by atoms with Gasteiger partial charge in [-0.25, -0.2) is 8.42 Å². The van der Waals surface area contributed by atoms with Crippen molar-refractivity contribution >= 4 is 15.6 Å². The largest absolute Gasteiger partial charge is 0.306 e. The van der Waals surface area contributed by atoms with Gasteiger partial charge in [0.1, 0.15) is 4.75 Å². The van der Waals surface area contributed by atoms with E-state index in [0.29, 0.717) is 31.5 Å². The molecule has 0 radical (unpaired) electrons. The molecule has 5 heteroatoms.